The predicted molar refractivity (Wildman–Crippen MR) is 93.9 cm³/mol. The van der Waals surface area contributed by atoms with Crippen molar-refractivity contribution < 1.29 is 5.11 Å². The van der Waals surface area contributed by atoms with E-state index in [4.69, 9.17) is 5.73 Å². The molecule has 0 spiro atoms. The molecule has 0 aliphatic carbocycles. The van der Waals surface area contributed by atoms with E-state index in [2.05, 4.69) is 48.4 Å². The van der Waals surface area contributed by atoms with E-state index in [-0.39, 0.29) is 0 Å². The van der Waals surface area contributed by atoms with Crippen molar-refractivity contribution in [3.05, 3.63) is 35.4 Å². The van der Waals surface area contributed by atoms with E-state index in [1.165, 1.54) is 11.1 Å². The average molecular weight is 305 g/mol. The van der Waals surface area contributed by atoms with Crippen molar-refractivity contribution in [3.8, 4) is 0 Å². The molecule has 1 rings (SSSR count). The van der Waals surface area contributed by atoms with Crippen molar-refractivity contribution in [1.29, 1.82) is 0 Å². The number of hydrogen-bond donors (Lipinski definition) is 3. The third-order valence-corrected chi connectivity index (χ3v) is 4.02. The van der Waals surface area contributed by atoms with Crippen molar-refractivity contribution >= 4 is 5.96 Å². The van der Waals surface area contributed by atoms with Gasteiger partial charge in [-0.15, -0.1) is 0 Å². The lowest BCUT2D eigenvalue weighted by Crippen LogP contribution is -2.30. The van der Waals surface area contributed by atoms with E-state index in [1.54, 1.807) is 7.05 Å². The molecular formula is C18H31N3O. The van der Waals surface area contributed by atoms with E-state index >= 15 is 0 Å². The Hall–Kier alpha value is -1.55. The Bertz CT molecular complexity index is 465. The zero-order valence-electron chi connectivity index (χ0n) is 14.2. The number of nitrogens with zero attached hydrogens (tertiary/aromatic N) is 1. The number of nitrogens with two attached hydrogens (primary N) is 1. The predicted octanol–water partition coefficient (Wildman–Crippen LogP) is 2.98. The lowest BCUT2D eigenvalue weighted by atomic mass is 9.86. The fourth-order valence-electron chi connectivity index (χ4n) is 2.85. The maximum absolute atomic E-state index is 10.7. The third kappa shape index (κ3) is 6.48. The number of aliphatic imine (C=N–C) groups is 1. The smallest absolute Gasteiger partial charge is 0.188 e. The zero-order valence-corrected chi connectivity index (χ0v) is 14.2. The first kappa shape index (κ1) is 18.5. The monoisotopic (exact) mass is 305 g/mol. The molecule has 1 aromatic carbocycles. The van der Waals surface area contributed by atoms with E-state index in [0.29, 0.717) is 12.5 Å². The highest BCUT2D eigenvalue weighted by atomic mass is 16.3. The molecule has 0 saturated heterocycles. The molecule has 0 atom stereocenters. The number of rotatable bonds is 9. The van der Waals surface area contributed by atoms with Crippen LogP contribution < -0.4 is 11.1 Å². The fourth-order valence-corrected chi connectivity index (χ4v) is 2.85. The van der Waals surface area contributed by atoms with Gasteiger partial charge in [-0.1, -0.05) is 51.0 Å². The largest absolute Gasteiger partial charge is 0.390 e. The number of aryl methyl sites for hydroxylation is 1. The van der Waals surface area contributed by atoms with Gasteiger partial charge in [0.05, 0.1) is 5.60 Å². The van der Waals surface area contributed by atoms with Crippen LogP contribution >= 0.6 is 0 Å². The van der Waals surface area contributed by atoms with Crippen LogP contribution in [0.25, 0.3) is 0 Å². The van der Waals surface area contributed by atoms with Crippen molar-refractivity contribution in [2.24, 2.45) is 10.7 Å². The van der Waals surface area contributed by atoms with E-state index < -0.39 is 5.60 Å². The van der Waals surface area contributed by atoms with Gasteiger partial charge in [0.1, 0.15) is 0 Å². The van der Waals surface area contributed by atoms with Crippen molar-refractivity contribution in [1.82, 2.24) is 5.32 Å². The summed E-state index contributed by atoms with van der Waals surface area (Å²) in [4.78, 5) is 3.89. The summed E-state index contributed by atoms with van der Waals surface area (Å²) >= 11 is 0. The Balaban J connectivity index is 2.61. The highest BCUT2D eigenvalue weighted by molar-refractivity contribution is 5.77. The first-order valence-electron chi connectivity index (χ1n) is 8.29. The number of hydrogen-bond acceptors (Lipinski definition) is 2. The normalized spacial score (nSPS) is 12.5. The molecular weight excluding hydrogens is 274 g/mol. The molecule has 0 amide bonds. The van der Waals surface area contributed by atoms with Crippen molar-refractivity contribution in [2.45, 2.75) is 64.5 Å². The van der Waals surface area contributed by atoms with Crippen LogP contribution in [0.2, 0.25) is 0 Å². The summed E-state index contributed by atoms with van der Waals surface area (Å²) in [6.07, 6.45) is 5.54. The van der Waals surface area contributed by atoms with Gasteiger partial charge in [0.2, 0.25) is 0 Å². The Morgan fingerprint density at radius 2 is 1.82 bits per heavy atom. The van der Waals surface area contributed by atoms with Gasteiger partial charge in [-0.05, 0) is 36.8 Å². The maximum atomic E-state index is 10.7. The number of nitrogens with one attached hydrogen (secondary N) is 1. The Morgan fingerprint density at radius 3 is 2.41 bits per heavy atom. The molecule has 4 heteroatoms. The molecule has 4 nitrogen and oxygen atoms in total. The minimum Gasteiger partial charge on any atom is -0.390 e. The second-order valence-electron chi connectivity index (χ2n) is 6.01. The molecule has 0 aliphatic rings. The summed E-state index contributed by atoms with van der Waals surface area (Å²) in [6, 6.07) is 8.43. The topological polar surface area (TPSA) is 70.6 Å². The molecule has 4 N–H and O–H groups in total. The number of benzene rings is 1. The first-order chi connectivity index (χ1) is 10.5. The van der Waals surface area contributed by atoms with Crippen LogP contribution in [0.1, 0.15) is 57.1 Å². The minimum absolute atomic E-state index is 0.450. The number of aliphatic hydroxyl groups is 1. The highest BCUT2D eigenvalue weighted by Crippen LogP contribution is 2.25. The van der Waals surface area contributed by atoms with E-state index in [1.807, 2.05) is 0 Å². The summed E-state index contributed by atoms with van der Waals surface area (Å²) < 4.78 is 0. The summed E-state index contributed by atoms with van der Waals surface area (Å²) in [7, 11) is 1.67. The summed E-state index contributed by atoms with van der Waals surface area (Å²) in [5, 5.41) is 13.8. The van der Waals surface area contributed by atoms with E-state index in [0.717, 1.165) is 38.5 Å². The quantitative estimate of drug-likeness (QED) is 0.485. The van der Waals surface area contributed by atoms with Crippen molar-refractivity contribution in [3.63, 3.8) is 0 Å². The second kappa shape index (κ2) is 9.46. The van der Waals surface area contributed by atoms with Gasteiger partial charge in [-0.3, -0.25) is 4.99 Å². The van der Waals surface area contributed by atoms with Gasteiger partial charge in [-0.25, -0.2) is 0 Å². The van der Waals surface area contributed by atoms with Crippen LogP contribution in [0.4, 0.5) is 0 Å². The molecule has 22 heavy (non-hydrogen) atoms. The standard InChI is InChI=1S/C18H31N3O/c1-4-10-18(22,11-5-2)12-9-15-7-6-8-16(13-15)14-21-17(19)20-3/h6-8,13,22H,4-5,9-12,14H2,1-3H3,(H3,19,20,21). The molecule has 1 aromatic rings. The molecule has 0 radical (unpaired) electrons. The fraction of sp³-hybridized carbons (Fsp3) is 0.611. The van der Waals surface area contributed by atoms with Gasteiger partial charge in [-0.2, -0.15) is 0 Å². The Labute approximate surface area is 134 Å². The highest BCUT2D eigenvalue weighted by Gasteiger charge is 2.24. The van der Waals surface area contributed by atoms with Gasteiger partial charge in [0.15, 0.2) is 5.96 Å². The van der Waals surface area contributed by atoms with Gasteiger partial charge in [0.25, 0.3) is 0 Å². The molecule has 124 valence electrons. The Morgan fingerprint density at radius 1 is 1.18 bits per heavy atom. The van der Waals surface area contributed by atoms with Crippen LogP contribution in [0, 0.1) is 0 Å². The maximum Gasteiger partial charge on any atom is 0.188 e. The summed E-state index contributed by atoms with van der Waals surface area (Å²) in [6.45, 7) is 4.93. The lowest BCUT2D eigenvalue weighted by Gasteiger charge is -2.27. The number of guanidine groups is 1. The minimum atomic E-state index is -0.517. The van der Waals surface area contributed by atoms with Crippen LogP contribution in [0.5, 0.6) is 0 Å². The Kier molecular flexibility index (Phi) is 7.96. The van der Waals surface area contributed by atoms with Crippen LogP contribution in [-0.2, 0) is 13.0 Å². The summed E-state index contributed by atoms with van der Waals surface area (Å²) in [5.74, 6) is 0.450. The molecule has 0 saturated carbocycles. The van der Waals surface area contributed by atoms with Crippen LogP contribution in [0.15, 0.2) is 29.3 Å². The van der Waals surface area contributed by atoms with Gasteiger partial charge in [0, 0.05) is 13.6 Å². The zero-order chi connectivity index (χ0) is 16.4. The molecule has 0 heterocycles. The van der Waals surface area contributed by atoms with E-state index in [9.17, 15) is 5.11 Å². The molecule has 0 unspecified atom stereocenters. The molecule has 0 aliphatic heterocycles. The van der Waals surface area contributed by atoms with Gasteiger partial charge >= 0.3 is 0 Å². The SMILES string of the molecule is CCCC(O)(CCC)CCc1cccc(CNC(N)=NC)c1. The first-order valence-corrected chi connectivity index (χ1v) is 8.29. The van der Waals surface area contributed by atoms with Crippen LogP contribution in [0.3, 0.4) is 0 Å². The third-order valence-electron chi connectivity index (χ3n) is 4.02. The van der Waals surface area contributed by atoms with Crippen molar-refractivity contribution in [2.75, 3.05) is 7.05 Å². The molecule has 0 aromatic heterocycles. The molecule has 0 bridgehead atoms. The average Bonchev–Trinajstić information content (AvgIpc) is 2.51. The van der Waals surface area contributed by atoms with Gasteiger partial charge < -0.3 is 16.2 Å². The second-order valence-corrected chi connectivity index (χ2v) is 6.01. The molecule has 0 fully saturated rings. The lowest BCUT2D eigenvalue weighted by molar-refractivity contribution is 0.0132. The van der Waals surface area contributed by atoms with Crippen LogP contribution in [-0.4, -0.2) is 23.7 Å². The summed E-state index contributed by atoms with van der Waals surface area (Å²) in [5.41, 5.74) is 7.57.